The van der Waals surface area contributed by atoms with Crippen molar-refractivity contribution in [1.29, 1.82) is 0 Å². The summed E-state index contributed by atoms with van der Waals surface area (Å²) in [6.45, 7) is 2.40. The monoisotopic (exact) mass is 367 g/mol. The van der Waals surface area contributed by atoms with Gasteiger partial charge in [0, 0.05) is 11.1 Å². The molecule has 0 unspecified atom stereocenters. The Balaban J connectivity index is 2.27. The van der Waals surface area contributed by atoms with Gasteiger partial charge in [-0.15, -0.1) is 0 Å². The lowest BCUT2D eigenvalue weighted by atomic mass is 10.1. The van der Waals surface area contributed by atoms with Gasteiger partial charge in [-0.1, -0.05) is 31.2 Å². The van der Waals surface area contributed by atoms with E-state index >= 15 is 0 Å². The summed E-state index contributed by atoms with van der Waals surface area (Å²) >= 11 is 0. The maximum Gasteiger partial charge on any atom is 0.413 e. The summed E-state index contributed by atoms with van der Waals surface area (Å²) in [5, 5.41) is 2.26. The van der Waals surface area contributed by atoms with Gasteiger partial charge in [-0.25, -0.2) is 18.0 Å². The maximum absolute atomic E-state index is 13.3. The number of halogens is 3. The molecule has 0 spiro atoms. The van der Waals surface area contributed by atoms with Crippen molar-refractivity contribution in [3.63, 3.8) is 0 Å². The highest BCUT2D eigenvalue weighted by Gasteiger charge is 2.18. The molecule has 0 saturated carbocycles. The minimum atomic E-state index is -2.75. The van der Waals surface area contributed by atoms with E-state index in [1.54, 1.807) is 6.07 Å². The van der Waals surface area contributed by atoms with E-state index in [2.05, 4.69) is 10.1 Å². The van der Waals surface area contributed by atoms with Crippen LogP contribution in [-0.2, 0) is 17.8 Å². The van der Waals surface area contributed by atoms with Crippen LogP contribution in [0.4, 0.5) is 23.7 Å². The number of hydrogen-bond donors (Lipinski definition) is 1. The van der Waals surface area contributed by atoms with Crippen LogP contribution in [0.1, 0.15) is 35.6 Å². The van der Waals surface area contributed by atoms with Gasteiger partial charge in [-0.05, 0) is 36.6 Å². The molecule has 0 bridgehead atoms. The average Bonchev–Trinajstić information content (AvgIpc) is 2.61. The van der Waals surface area contributed by atoms with E-state index in [1.807, 2.05) is 26.0 Å². The van der Waals surface area contributed by atoms with Crippen molar-refractivity contribution in [3.8, 4) is 5.75 Å². The molecule has 0 radical (unpaired) electrons. The fourth-order valence-electron chi connectivity index (χ4n) is 2.53. The van der Waals surface area contributed by atoms with Gasteiger partial charge in [0.2, 0.25) is 6.86 Å². The number of aryl methyl sites for hydroxylation is 2. The molecule has 1 N–H and O–H groups in total. The Kier molecular flexibility index (Phi) is 6.89. The SMILES string of the molecule is CCc1ccc(OCc2c(NC(=O)OCF)cccc2C(F)F)c(C)c1. The Morgan fingerprint density at radius 2 is 2.00 bits per heavy atom. The Morgan fingerprint density at radius 1 is 1.23 bits per heavy atom. The van der Waals surface area contributed by atoms with E-state index in [0.29, 0.717) is 5.75 Å². The lowest BCUT2D eigenvalue weighted by molar-refractivity contribution is 0.110. The van der Waals surface area contributed by atoms with Gasteiger partial charge in [0.15, 0.2) is 0 Å². The summed E-state index contributed by atoms with van der Waals surface area (Å²) < 4.78 is 48.6. The molecule has 0 fully saturated rings. The molecule has 2 aromatic rings. The quantitative estimate of drug-likeness (QED) is 0.698. The Hall–Kier alpha value is -2.70. The first kappa shape index (κ1) is 19.6. The topological polar surface area (TPSA) is 47.6 Å². The summed E-state index contributed by atoms with van der Waals surface area (Å²) in [5.41, 5.74) is 1.94. The van der Waals surface area contributed by atoms with E-state index in [4.69, 9.17) is 4.74 Å². The molecule has 0 aliphatic carbocycles. The van der Waals surface area contributed by atoms with E-state index in [-0.39, 0.29) is 23.4 Å². The zero-order chi connectivity index (χ0) is 19.1. The van der Waals surface area contributed by atoms with Crippen LogP contribution >= 0.6 is 0 Å². The molecular formula is C19H20F3NO3. The minimum Gasteiger partial charge on any atom is -0.489 e. The molecule has 26 heavy (non-hydrogen) atoms. The minimum absolute atomic E-state index is 0.0871. The average molecular weight is 367 g/mol. The summed E-state index contributed by atoms with van der Waals surface area (Å²) in [6, 6.07) is 9.70. The summed E-state index contributed by atoms with van der Waals surface area (Å²) in [4.78, 5) is 11.4. The molecule has 0 aliphatic rings. The van der Waals surface area contributed by atoms with Crippen LogP contribution in [0.15, 0.2) is 36.4 Å². The van der Waals surface area contributed by atoms with Crippen LogP contribution in [0.2, 0.25) is 0 Å². The van der Waals surface area contributed by atoms with Crippen molar-refractivity contribution in [2.24, 2.45) is 0 Å². The summed E-state index contributed by atoms with van der Waals surface area (Å²) in [7, 11) is 0. The van der Waals surface area contributed by atoms with Crippen molar-refractivity contribution < 1.29 is 27.4 Å². The van der Waals surface area contributed by atoms with Gasteiger partial charge in [-0.2, -0.15) is 0 Å². The Bertz CT molecular complexity index is 766. The number of carbonyl (C=O) groups is 1. The molecule has 0 heterocycles. The first-order chi connectivity index (χ1) is 12.5. The molecule has 2 rings (SSSR count). The number of nitrogens with one attached hydrogen (secondary N) is 1. The highest BCUT2D eigenvalue weighted by Crippen LogP contribution is 2.30. The first-order valence-corrected chi connectivity index (χ1v) is 8.08. The fraction of sp³-hybridized carbons (Fsp3) is 0.316. The smallest absolute Gasteiger partial charge is 0.413 e. The number of alkyl halides is 3. The third kappa shape index (κ3) is 4.91. The van der Waals surface area contributed by atoms with E-state index in [0.717, 1.165) is 17.5 Å². The van der Waals surface area contributed by atoms with Crippen LogP contribution < -0.4 is 10.1 Å². The largest absolute Gasteiger partial charge is 0.489 e. The number of ether oxygens (including phenoxy) is 2. The van der Waals surface area contributed by atoms with Gasteiger partial charge < -0.3 is 9.47 Å². The molecular weight excluding hydrogens is 347 g/mol. The maximum atomic E-state index is 13.3. The zero-order valence-electron chi connectivity index (χ0n) is 14.5. The molecule has 2 aromatic carbocycles. The third-order valence-corrected chi connectivity index (χ3v) is 3.89. The van der Waals surface area contributed by atoms with Gasteiger partial charge in [0.05, 0.1) is 5.69 Å². The predicted octanol–water partition coefficient (Wildman–Crippen LogP) is 5.55. The van der Waals surface area contributed by atoms with E-state index in [1.165, 1.54) is 18.2 Å². The van der Waals surface area contributed by atoms with Crippen LogP contribution in [0, 0.1) is 6.92 Å². The van der Waals surface area contributed by atoms with Crippen molar-refractivity contribution >= 4 is 11.8 Å². The van der Waals surface area contributed by atoms with Gasteiger partial charge in [0.25, 0.3) is 6.43 Å². The van der Waals surface area contributed by atoms with E-state index < -0.39 is 19.4 Å². The van der Waals surface area contributed by atoms with Crippen molar-refractivity contribution in [2.75, 3.05) is 12.2 Å². The van der Waals surface area contributed by atoms with Crippen LogP contribution in [0.25, 0.3) is 0 Å². The Labute approximate surface area is 149 Å². The van der Waals surface area contributed by atoms with Gasteiger partial charge in [0.1, 0.15) is 12.4 Å². The molecule has 0 saturated heterocycles. The van der Waals surface area contributed by atoms with Gasteiger partial charge >= 0.3 is 6.09 Å². The van der Waals surface area contributed by atoms with E-state index in [9.17, 15) is 18.0 Å². The molecule has 4 nitrogen and oxygen atoms in total. The highest BCUT2D eigenvalue weighted by molar-refractivity contribution is 5.86. The predicted molar refractivity (Wildman–Crippen MR) is 92.4 cm³/mol. The van der Waals surface area contributed by atoms with Crippen LogP contribution in [0.5, 0.6) is 5.75 Å². The second-order valence-electron chi connectivity index (χ2n) is 5.58. The summed E-state index contributed by atoms with van der Waals surface area (Å²) in [5.74, 6) is 0.559. The van der Waals surface area contributed by atoms with Crippen LogP contribution in [-0.4, -0.2) is 13.0 Å². The molecule has 0 aromatic heterocycles. The number of hydrogen-bond acceptors (Lipinski definition) is 3. The zero-order valence-corrected chi connectivity index (χ0v) is 14.5. The second-order valence-corrected chi connectivity index (χ2v) is 5.58. The lowest BCUT2D eigenvalue weighted by Crippen LogP contribution is -2.16. The van der Waals surface area contributed by atoms with Crippen molar-refractivity contribution in [2.45, 2.75) is 33.3 Å². The molecule has 0 atom stereocenters. The number of amides is 1. The molecule has 140 valence electrons. The standard InChI is InChI=1S/C19H20F3NO3/c1-3-13-7-8-17(12(2)9-13)25-10-15-14(18(21)22)5-4-6-16(15)23-19(24)26-11-20/h4-9,18H,3,10-11H2,1-2H3,(H,23,24). The van der Waals surface area contributed by atoms with Gasteiger partial charge in [-0.3, -0.25) is 5.32 Å². The molecule has 1 amide bonds. The number of benzene rings is 2. The molecule has 7 heteroatoms. The highest BCUT2D eigenvalue weighted by atomic mass is 19.3. The number of anilines is 1. The van der Waals surface area contributed by atoms with Crippen LogP contribution in [0.3, 0.4) is 0 Å². The lowest BCUT2D eigenvalue weighted by Gasteiger charge is -2.17. The first-order valence-electron chi connectivity index (χ1n) is 8.08. The normalized spacial score (nSPS) is 10.7. The van der Waals surface area contributed by atoms with Crippen molar-refractivity contribution in [1.82, 2.24) is 0 Å². The van der Waals surface area contributed by atoms with Crippen molar-refractivity contribution in [3.05, 3.63) is 58.7 Å². The fourth-order valence-corrected chi connectivity index (χ4v) is 2.53. The molecule has 0 aliphatic heterocycles. The third-order valence-electron chi connectivity index (χ3n) is 3.89. The number of rotatable bonds is 7. The number of carbonyl (C=O) groups excluding carboxylic acids is 1. The Morgan fingerprint density at radius 3 is 2.62 bits per heavy atom. The second kappa shape index (κ2) is 9.12. The summed E-state index contributed by atoms with van der Waals surface area (Å²) in [6.07, 6.45) is -2.94.